The lowest BCUT2D eigenvalue weighted by molar-refractivity contribution is 0.0464. The second-order valence-corrected chi connectivity index (χ2v) is 6.41. The number of pyridine rings is 1. The van der Waals surface area contributed by atoms with Gasteiger partial charge in [-0.3, -0.25) is 0 Å². The van der Waals surface area contributed by atoms with Gasteiger partial charge in [-0.2, -0.15) is 0 Å². The van der Waals surface area contributed by atoms with Crippen molar-refractivity contribution in [2.45, 2.75) is 6.61 Å². The molecule has 4 rings (SSSR count). The minimum absolute atomic E-state index is 0.116. The SMILES string of the molecule is O=C(OCc1cc2c(cc1Br)OCCO2)c1ccc2ccccc2n1. The van der Waals surface area contributed by atoms with E-state index in [1.165, 1.54) is 0 Å². The van der Waals surface area contributed by atoms with Crippen molar-refractivity contribution >= 4 is 32.8 Å². The summed E-state index contributed by atoms with van der Waals surface area (Å²) >= 11 is 3.47. The van der Waals surface area contributed by atoms with E-state index in [-0.39, 0.29) is 12.3 Å². The highest BCUT2D eigenvalue weighted by Crippen LogP contribution is 2.35. The van der Waals surface area contributed by atoms with E-state index in [1.807, 2.05) is 42.5 Å². The molecule has 0 aliphatic carbocycles. The van der Waals surface area contributed by atoms with Crippen molar-refractivity contribution in [1.82, 2.24) is 4.98 Å². The van der Waals surface area contributed by atoms with Crippen LogP contribution >= 0.6 is 15.9 Å². The summed E-state index contributed by atoms with van der Waals surface area (Å²) in [5.74, 6) is 0.876. The average molecular weight is 400 g/mol. The summed E-state index contributed by atoms with van der Waals surface area (Å²) < 4.78 is 17.3. The zero-order valence-corrected chi connectivity index (χ0v) is 14.8. The first-order chi connectivity index (χ1) is 12.2. The summed E-state index contributed by atoms with van der Waals surface area (Å²) in [6.45, 7) is 1.15. The van der Waals surface area contributed by atoms with Gasteiger partial charge in [-0.1, -0.05) is 40.2 Å². The Labute approximate surface area is 152 Å². The Balaban J connectivity index is 1.51. The van der Waals surface area contributed by atoms with Crippen molar-refractivity contribution in [3.63, 3.8) is 0 Å². The fourth-order valence-corrected chi connectivity index (χ4v) is 3.05. The predicted molar refractivity (Wildman–Crippen MR) is 96.0 cm³/mol. The van der Waals surface area contributed by atoms with Crippen LogP contribution in [0.1, 0.15) is 16.1 Å². The Morgan fingerprint density at radius 2 is 1.84 bits per heavy atom. The van der Waals surface area contributed by atoms with E-state index in [0.29, 0.717) is 24.7 Å². The number of halogens is 1. The number of carbonyl (C=O) groups is 1. The number of aromatic nitrogens is 1. The van der Waals surface area contributed by atoms with Gasteiger partial charge in [0.05, 0.1) is 5.52 Å². The van der Waals surface area contributed by atoms with Crippen LogP contribution in [0, 0.1) is 0 Å². The molecule has 25 heavy (non-hydrogen) atoms. The van der Waals surface area contributed by atoms with Crippen LogP contribution in [-0.2, 0) is 11.3 Å². The summed E-state index contributed by atoms with van der Waals surface area (Å²) in [5.41, 5.74) is 1.85. The van der Waals surface area contributed by atoms with Crippen molar-refractivity contribution in [3.05, 3.63) is 64.3 Å². The lowest BCUT2D eigenvalue weighted by Crippen LogP contribution is -2.16. The third kappa shape index (κ3) is 3.30. The molecule has 0 unspecified atom stereocenters. The van der Waals surface area contributed by atoms with Crippen LogP contribution in [0.3, 0.4) is 0 Å². The molecule has 0 fully saturated rings. The van der Waals surface area contributed by atoms with Gasteiger partial charge in [-0.15, -0.1) is 0 Å². The first-order valence-corrected chi connectivity index (χ1v) is 8.61. The Morgan fingerprint density at radius 3 is 2.68 bits per heavy atom. The third-order valence-electron chi connectivity index (χ3n) is 3.88. The zero-order chi connectivity index (χ0) is 17.2. The summed E-state index contributed by atoms with van der Waals surface area (Å²) in [6.07, 6.45) is 0. The van der Waals surface area contributed by atoms with Crippen molar-refractivity contribution in [3.8, 4) is 11.5 Å². The third-order valence-corrected chi connectivity index (χ3v) is 4.62. The van der Waals surface area contributed by atoms with Crippen LogP contribution in [-0.4, -0.2) is 24.2 Å². The summed E-state index contributed by atoms with van der Waals surface area (Å²) in [6, 6.07) is 14.8. The van der Waals surface area contributed by atoms with Gasteiger partial charge in [0.15, 0.2) is 11.5 Å². The molecule has 2 heterocycles. The van der Waals surface area contributed by atoms with Crippen LogP contribution in [0.5, 0.6) is 11.5 Å². The molecule has 0 N–H and O–H groups in total. The monoisotopic (exact) mass is 399 g/mol. The molecular formula is C19H14BrNO4. The molecule has 0 saturated heterocycles. The van der Waals surface area contributed by atoms with E-state index in [2.05, 4.69) is 20.9 Å². The molecule has 0 atom stereocenters. The van der Waals surface area contributed by atoms with Crippen molar-refractivity contribution < 1.29 is 19.0 Å². The summed E-state index contributed by atoms with van der Waals surface area (Å²) in [5, 5.41) is 0.980. The number of hydrogen-bond acceptors (Lipinski definition) is 5. The number of esters is 1. The van der Waals surface area contributed by atoms with Gasteiger partial charge in [-0.25, -0.2) is 9.78 Å². The number of benzene rings is 2. The van der Waals surface area contributed by atoms with Crippen LogP contribution in [0.15, 0.2) is 53.0 Å². The highest BCUT2D eigenvalue weighted by molar-refractivity contribution is 9.10. The van der Waals surface area contributed by atoms with Crippen molar-refractivity contribution in [2.75, 3.05) is 13.2 Å². The average Bonchev–Trinajstić information content (AvgIpc) is 2.65. The van der Waals surface area contributed by atoms with Crippen molar-refractivity contribution in [1.29, 1.82) is 0 Å². The molecule has 0 amide bonds. The molecule has 0 saturated carbocycles. The van der Waals surface area contributed by atoms with E-state index in [9.17, 15) is 4.79 Å². The minimum Gasteiger partial charge on any atom is -0.486 e. The molecule has 0 spiro atoms. The molecule has 3 aromatic rings. The topological polar surface area (TPSA) is 57.7 Å². The Morgan fingerprint density at radius 1 is 1.08 bits per heavy atom. The zero-order valence-electron chi connectivity index (χ0n) is 13.2. The molecule has 1 aliphatic rings. The van der Waals surface area contributed by atoms with E-state index in [1.54, 1.807) is 6.07 Å². The summed E-state index contributed by atoms with van der Waals surface area (Å²) in [4.78, 5) is 16.7. The Kier molecular flexibility index (Phi) is 4.28. The van der Waals surface area contributed by atoms with Gasteiger partial charge in [-0.05, 0) is 24.3 Å². The first kappa shape index (κ1) is 15.9. The smallest absolute Gasteiger partial charge is 0.357 e. The highest BCUT2D eigenvalue weighted by Gasteiger charge is 2.16. The van der Waals surface area contributed by atoms with E-state index >= 15 is 0 Å². The van der Waals surface area contributed by atoms with Gasteiger partial charge in [0, 0.05) is 15.4 Å². The quantitative estimate of drug-likeness (QED) is 0.619. The number of para-hydroxylation sites is 1. The van der Waals surface area contributed by atoms with Crippen LogP contribution in [0.4, 0.5) is 0 Å². The van der Waals surface area contributed by atoms with E-state index in [4.69, 9.17) is 14.2 Å². The molecule has 1 aliphatic heterocycles. The summed E-state index contributed by atoms with van der Waals surface area (Å²) in [7, 11) is 0. The maximum absolute atomic E-state index is 12.3. The molecular weight excluding hydrogens is 386 g/mol. The fraction of sp³-hybridized carbons (Fsp3) is 0.158. The second-order valence-electron chi connectivity index (χ2n) is 5.55. The van der Waals surface area contributed by atoms with Gasteiger partial charge in [0.1, 0.15) is 25.5 Å². The first-order valence-electron chi connectivity index (χ1n) is 7.82. The minimum atomic E-state index is -0.465. The van der Waals surface area contributed by atoms with Gasteiger partial charge < -0.3 is 14.2 Å². The molecule has 6 heteroatoms. The molecule has 1 aromatic heterocycles. The van der Waals surface area contributed by atoms with E-state index < -0.39 is 5.97 Å². The Bertz CT molecular complexity index is 957. The number of hydrogen-bond donors (Lipinski definition) is 0. The van der Waals surface area contributed by atoms with Gasteiger partial charge >= 0.3 is 5.97 Å². The lowest BCUT2D eigenvalue weighted by Gasteiger charge is -2.19. The lowest BCUT2D eigenvalue weighted by atomic mass is 10.2. The predicted octanol–water partition coefficient (Wildman–Crippen LogP) is 4.13. The highest BCUT2D eigenvalue weighted by atomic mass is 79.9. The fourth-order valence-electron chi connectivity index (χ4n) is 2.61. The molecule has 126 valence electrons. The maximum Gasteiger partial charge on any atom is 0.357 e. The van der Waals surface area contributed by atoms with Gasteiger partial charge in [0.2, 0.25) is 0 Å². The largest absolute Gasteiger partial charge is 0.486 e. The molecule has 2 aromatic carbocycles. The van der Waals surface area contributed by atoms with Crippen LogP contribution < -0.4 is 9.47 Å². The number of ether oxygens (including phenoxy) is 3. The number of rotatable bonds is 3. The molecule has 5 nitrogen and oxygen atoms in total. The maximum atomic E-state index is 12.3. The van der Waals surface area contributed by atoms with E-state index in [0.717, 1.165) is 20.9 Å². The van der Waals surface area contributed by atoms with Crippen molar-refractivity contribution in [2.24, 2.45) is 0 Å². The van der Waals surface area contributed by atoms with Crippen LogP contribution in [0.2, 0.25) is 0 Å². The number of nitrogens with zero attached hydrogens (tertiary/aromatic N) is 1. The standard InChI is InChI=1S/C19H14BrNO4/c20-14-10-18-17(23-7-8-24-18)9-13(14)11-25-19(22)16-6-5-12-3-1-2-4-15(12)21-16/h1-6,9-10H,7-8,11H2. The van der Waals surface area contributed by atoms with Gasteiger partial charge in [0.25, 0.3) is 0 Å². The Hall–Kier alpha value is -2.60. The number of fused-ring (bicyclic) bond motifs is 2. The second kappa shape index (κ2) is 6.72. The number of carbonyl (C=O) groups excluding carboxylic acids is 1. The normalized spacial score (nSPS) is 12.8. The van der Waals surface area contributed by atoms with Crippen LogP contribution in [0.25, 0.3) is 10.9 Å². The molecule has 0 bridgehead atoms. The molecule has 0 radical (unpaired) electrons.